The van der Waals surface area contributed by atoms with E-state index in [9.17, 15) is 0 Å². The van der Waals surface area contributed by atoms with Crippen molar-refractivity contribution in [2.45, 2.75) is 59.4 Å². The van der Waals surface area contributed by atoms with Crippen molar-refractivity contribution in [1.29, 1.82) is 0 Å². The lowest BCUT2D eigenvalue weighted by Gasteiger charge is -2.41. The van der Waals surface area contributed by atoms with Crippen LogP contribution in [-0.2, 0) is 0 Å². The monoisotopic (exact) mass is 214 g/mol. The molecule has 0 aliphatic heterocycles. The molecule has 0 aromatic rings. The molecule has 1 N–H and O–H groups in total. The van der Waals surface area contributed by atoms with E-state index in [1.165, 1.54) is 19.3 Å². The molecule has 0 fully saturated rings. The van der Waals surface area contributed by atoms with Crippen LogP contribution in [0.25, 0.3) is 0 Å². The van der Waals surface area contributed by atoms with E-state index < -0.39 is 0 Å². The number of unbranched alkanes of at least 4 members (excludes halogenated alkanes) is 1. The Kier molecular flexibility index (Phi) is 5.32. The van der Waals surface area contributed by atoms with Crippen LogP contribution in [-0.4, -0.2) is 10.7 Å². The van der Waals surface area contributed by atoms with Crippen LogP contribution in [0.2, 0.25) is 0 Å². The zero-order chi connectivity index (χ0) is 11.2. The summed E-state index contributed by atoms with van der Waals surface area (Å²) in [6.45, 7) is 11.0. The Hall–Kier alpha value is -0.400. The Balaban J connectivity index is 4.42. The van der Waals surface area contributed by atoms with Gasteiger partial charge < -0.3 is 0 Å². The minimum absolute atomic E-state index is 0.0476. The molecule has 0 aromatic heterocycles. The van der Waals surface area contributed by atoms with E-state index in [1.54, 1.807) is 0 Å². The van der Waals surface area contributed by atoms with Gasteiger partial charge in [-0.15, -0.1) is 5.10 Å². The van der Waals surface area contributed by atoms with Crippen LogP contribution in [0.1, 0.15) is 53.9 Å². The van der Waals surface area contributed by atoms with Gasteiger partial charge in [-0.3, -0.25) is 5.43 Å². The maximum atomic E-state index is 4.55. The summed E-state index contributed by atoms with van der Waals surface area (Å²) in [4.78, 5) is 0. The second kappa shape index (κ2) is 5.47. The average Bonchev–Trinajstić information content (AvgIpc) is 2.11. The topological polar surface area (TPSA) is 24.4 Å². The van der Waals surface area contributed by atoms with Crippen molar-refractivity contribution < 1.29 is 0 Å². The highest BCUT2D eigenvalue weighted by Gasteiger charge is 2.36. The molecule has 82 valence electrons. The summed E-state index contributed by atoms with van der Waals surface area (Å²) < 4.78 is 0. The molecular weight excluding hydrogens is 192 g/mol. The number of nitrogens with zero attached hydrogens (tertiary/aromatic N) is 1. The van der Waals surface area contributed by atoms with Crippen LogP contribution in [0.5, 0.6) is 0 Å². The highest BCUT2D eigenvalue weighted by Crippen LogP contribution is 2.35. The van der Waals surface area contributed by atoms with Gasteiger partial charge >= 0.3 is 0 Å². The molecule has 14 heavy (non-hydrogen) atoms. The lowest BCUT2D eigenvalue weighted by Crippen LogP contribution is -2.49. The van der Waals surface area contributed by atoms with Gasteiger partial charge in [0.05, 0.1) is 10.7 Å². The summed E-state index contributed by atoms with van der Waals surface area (Å²) >= 11 is 4.55. The first-order valence-corrected chi connectivity index (χ1v) is 5.62. The third kappa shape index (κ3) is 3.77. The summed E-state index contributed by atoms with van der Waals surface area (Å²) in [6.07, 6.45) is 3.67. The first-order chi connectivity index (χ1) is 6.37. The average molecular weight is 214 g/mol. The van der Waals surface area contributed by atoms with Crippen LogP contribution in [0.3, 0.4) is 0 Å². The van der Waals surface area contributed by atoms with Crippen molar-refractivity contribution in [2.24, 2.45) is 10.5 Å². The largest absolute Gasteiger partial charge is 0.295 e. The van der Waals surface area contributed by atoms with Crippen LogP contribution in [0.15, 0.2) is 5.10 Å². The number of hydrogen-bond acceptors (Lipinski definition) is 3. The smallest absolute Gasteiger partial charge is 0.0844 e. The van der Waals surface area contributed by atoms with E-state index in [0.29, 0.717) is 0 Å². The molecule has 0 saturated heterocycles. The summed E-state index contributed by atoms with van der Waals surface area (Å²) in [6, 6.07) is 0. The summed E-state index contributed by atoms with van der Waals surface area (Å²) in [5, 5.41) is 6.18. The number of hydrogen-bond donors (Lipinski definition) is 1. The van der Waals surface area contributed by atoms with E-state index in [1.807, 2.05) is 0 Å². The predicted molar refractivity (Wildman–Crippen MR) is 65.5 cm³/mol. The summed E-state index contributed by atoms with van der Waals surface area (Å²) in [5.74, 6) is 0. The van der Waals surface area contributed by atoms with Crippen molar-refractivity contribution in [3.63, 3.8) is 0 Å². The van der Waals surface area contributed by atoms with Crippen LogP contribution in [0, 0.1) is 5.41 Å². The predicted octanol–water partition coefficient (Wildman–Crippen LogP) is 3.59. The SMILES string of the molecule is CCCCC(C)(C)C(C)(C)NN=C=S. The van der Waals surface area contributed by atoms with Gasteiger partial charge in [0.15, 0.2) is 0 Å². The number of isothiocyanates is 1. The molecule has 0 spiro atoms. The van der Waals surface area contributed by atoms with Gasteiger partial charge in [-0.05, 0) is 37.9 Å². The third-order valence-corrected chi connectivity index (χ3v) is 3.32. The molecule has 2 nitrogen and oxygen atoms in total. The van der Waals surface area contributed by atoms with Gasteiger partial charge in [0.2, 0.25) is 0 Å². The maximum Gasteiger partial charge on any atom is 0.0844 e. The Morgan fingerprint density at radius 2 is 1.86 bits per heavy atom. The fraction of sp³-hybridized carbons (Fsp3) is 0.909. The quantitative estimate of drug-likeness (QED) is 0.415. The maximum absolute atomic E-state index is 4.55. The molecule has 0 amide bonds. The van der Waals surface area contributed by atoms with Gasteiger partial charge in [-0.1, -0.05) is 33.6 Å². The van der Waals surface area contributed by atoms with Crippen molar-refractivity contribution in [3.8, 4) is 0 Å². The number of rotatable bonds is 6. The second-order valence-electron chi connectivity index (χ2n) is 4.93. The van der Waals surface area contributed by atoms with E-state index in [-0.39, 0.29) is 11.0 Å². The first kappa shape index (κ1) is 13.6. The Morgan fingerprint density at radius 1 is 1.29 bits per heavy atom. The fourth-order valence-electron chi connectivity index (χ4n) is 1.25. The van der Waals surface area contributed by atoms with Crippen LogP contribution in [0.4, 0.5) is 0 Å². The minimum Gasteiger partial charge on any atom is -0.295 e. The summed E-state index contributed by atoms with van der Waals surface area (Å²) in [5.41, 5.74) is 3.23. The number of thiocarbonyl (C=S) groups is 1. The number of nitrogens with one attached hydrogen (secondary N) is 1. The zero-order valence-electron chi connectivity index (χ0n) is 9.98. The Labute approximate surface area is 93.2 Å². The van der Waals surface area contributed by atoms with Gasteiger partial charge in [-0.25, -0.2) is 0 Å². The molecular formula is C11H22N2S. The first-order valence-electron chi connectivity index (χ1n) is 5.21. The highest BCUT2D eigenvalue weighted by molar-refractivity contribution is 7.78. The molecule has 0 aliphatic rings. The molecule has 0 bridgehead atoms. The lowest BCUT2D eigenvalue weighted by atomic mass is 9.72. The van der Waals surface area contributed by atoms with Gasteiger partial charge in [-0.2, -0.15) is 0 Å². The Morgan fingerprint density at radius 3 is 2.29 bits per heavy atom. The molecule has 0 aromatic carbocycles. The van der Waals surface area contributed by atoms with Crippen LogP contribution < -0.4 is 5.43 Å². The Bertz CT molecular complexity index is 215. The van der Waals surface area contributed by atoms with Crippen molar-refractivity contribution in [3.05, 3.63) is 0 Å². The fourth-order valence-corrected chi connectivity index (χ4v) is 1.29. The normalized spacial score (nSPS) is 12.1. The van der Waals surface area contributed by atoms with Crippen molar-refractivity contribution in [1.82, 2.24) is 5.43 Å². The lowest BCUT2D eigenvalue weighted by molar-refractivity contribution is 0.140. The van der Waals surface area contributed by atoms with E-state index in [0.717, 1.165) is 0 Å². The third-order valence-electron chi connectivity index (χ3n) is 3.23. The molecule has 0 aliphatic carbocycles. The van der Waals surface area contributed by atoms with E-state index in [4.69, 9.17) is 0 Å². The molecule has 0 heterocycles. The van der Waals surface area contributed by atoms with E-state index >= 15 is 0 Å². The summed E-state index contributed by atoms with van der Waals surface area (Å²) in [7, 11) is 0. The highest BCUT2D eigenvalue weighted by atomic mass is 32.1. The molecule has 0 rings (SSSR count). The number of hydrazone groups is 1. The van der Waals surface area contributed by atoms with Gasteiger partial charge in [0.25, 0.3) is 0 Å². The zero-order valence-corrected chi connectivity index (χ0v) is 10.8. The molecule has 0 saturated carbocycles. The second-order valence-corrected chi connectivity index (χ2v) is 5.11. The standard InChI is InChI=1S/C11H22N2S/c1-6-7-8-10(2,3)11(4,5)13-12-9-14/h13H,6-8H2,1-5H3. The van der Waals surface area contributed by atoms with Crippen molar-refractivity contribution in [2.75, 3.05) is 0 Å². The molecule has 0 radical (unpaired) electrons. The van der Waals surface area contributed by atoms with Crippen LogP contribution >= 0.6 is 12.2 Å². The van der Waals surface area contributed by atoms with Gasteiger partial charge in [0.1, 0.15) is 0 Å². The minimum atomic E-state index is -0.0476. The molecule has 3 heteroatoms. The van der Waals surface area contributed by atoms with Crippen molar-refractivity contribution >= 4 is 17.4 Å². The molecule has 0 unspecified atom stereocenters. The van der Waals surface area contributed by atoms with Gasteiger partial charge in [0, 0.05) is 0 Å². The molecule has 0 atom stereocenters. The van der Waals surface area contributed by atoms with E-state index in [2.05, 4.69) is 62.5 Å².